The number of benzene rings is 1. The van der Waals surface area contributed by atoms with E-state index in [2.05, 4.69) is 10.2 Å². The zero-order valence-corrected chi connectivity index (χ0v) is 14.7. The Hall–Kier alpha value is -1.29. The molecule has 0 amide bonds. The summed E-state index contributed by atoms with van der Waals surface area (Å²) in [6, 6.07) is 5.91. The second-order valence-electron chi connectivity index (χ2n) is 6.27. The quantitative estimate of drug-likeness (QED) is 0.804. The molecule has 1 aromatic rings. The van der Waals surface area contributed by atoms with Gasteiger partial charge in [0.1, 0.15) is 12.4 Å². The molecule has 6 nitrogen and oxygen atoms in total. The number of hydrogen-bond donors (Lipinski definition) is 1. The van der Waals surface area contributed by atoms with Crippen LogP contribution in [0, 0.1) is 0 Å². The molecule has 1 aromatic carbocycles. The maximum Gasteiger partial charge on any atom is 0.272 e. The van der Waals surface area contributed by atoms with Crippen molar-refractivity contribution < 1.29 is 21.9 Å². The molecule has 2 saturated heterocycles. The predicted octanol–water partition coefficient (Wildman–Crippen LogP) is 0.999. The Kier molecular flexibility index (Phi) is 5.88. The van der Waals surface area contributed by atoms with Gasteiger partial charge < -0.3 is 10.1 Å². The van der Waals surface area contributed by atoms with Gasteiger partial charge in [0.05, 0.1) is 4.90 Å². The van der Waals surface area contributed by atoms with Crippen LogP contribution in [0.3, 0.4) is 0 Å². The molecular formula is C16H23F2N3O3S. The summed E-state index contributed by atoms with van der Waals surface area (Å²) < 4.78 is 56.2. The van der Waals surface area contributed by atoms with E-state index in [4.69, 9.17) is 4.74 Å². The lowest BCUT2D eigenvalue weighted by atomic mass is 10.2. The van der Waals surface area contributed by atoms with Crippen LogP contribution in [-0.4, -0.2) is 76.0 Å². The highest BCUT2D eigenvalue weighted by atomic mass is 32.2. The van der Waals surface area contributed by atoms with Gasteiger partial charge in [0.25, 0.3) is 6.43 Å². The number of sulfonamides is 1. The lowest BCUT2D eigenvalue weighted by molar-refractivity contribution is 0.0819. The molecule has 0 spiro atoms. The lowest BCUT2D eigenvalue weighted by Crippen LogP contribution is -2.49. The summed E-state index contributed by atoms with van der Waals surface area (Å²) in [5.41, 5.74) is 0. The van der Waals surface area contributed by atoms with Crippen LogP contribution < -0.4 is 10.1 Å². The van der Waals surface area contributed by atoms with E-state index in [-0.39, 0.29) is 16.7 Å². The van der Waals surface area contributed by atoms with Crippen LogP contribution in [0.1, 0.15) is 6.42 Å². The van der Waals surface area contributed by atoms with Crippen LogP contribution in [0.5, 0.6) is 5.75 Å². The highest BCUT2D eigenvalue weighted by Gasteiger charge is 2.35. The van der Waals surface area contributed by atoms with E-state index in [0.29, 0.717) is 13.1 Å². The minimum atomic E-state index is -3.57. The van der Waals surface area contributed by atoms with Gasteiger partial charge in [-0.3, -0.25) is 4.90 Å². The molecular weight excluding hydrogens is 352 g/mol. The van der Waals surface area contributed by atoms with Gasteiger partial charge in [-0.1, -0.05) is 0 Å². The van der Waals surface area contributed by atoms with Crippen LogP contribution in [0.25, 0.3) is 0 Å². The second kappa shape index (κ2) is 7.94. The number of piperazine rings is 1. The molecule has 140 valence electrons. The number of ether oxygens (including phenoxy) is 1. The first-order chi connectivity index (χ1) is 12.0. The molecule has 0 bridgehead atoms. The number of nitrogens with zero attached hydrogens (tertiary/aromatic N) is 2. The van der Waals surface area contributed by atoms with Crippen molar-refractivity contribution in [2.24, 2.45) is 0 Å². The molecule has 3 rings (SSSR count). The van der Waals surface area contributed by atoms with Crippen molar-refractivity contribution in [3.05, 3.63) is 24.3 Å². The molecule has 1 unspecified atom stereocenters. The maximum absolute atomic E-state index is 12.8. The molecule has 0 saturated carbocycles. The number of rotatable bonds is 6. The van der Waals surface area contributed by atoms with Gasteiger partial charge in [0.15, 0.2) is 0 Å². The first-order valence-corrected chi connectivity index (χ1v) is 9.87. The summed E-state index contributed by atoms with van der Waals surface area (Å²) in [7, 11) is -3.57. The molecule has 2 heterocycles. The van der Waals surface area contributed by atoms with Crippen LogP contribution in [0.2, 0.25) is 0 Å². The minimum Gasteiger partial charge on any atom is -0.488 e. The van der Waals surface area contributed by atoms with E-state index >= 15 is 0 Å². The van der Waals surface area contributed by atoms with E-state index < -0.39 is 23.1 Å². The largest absolute Gasteiger partial charge is 0.488 e. The molecule has 2 fully saturated rings. The Morgan fingerprint density at radius 1 is 1.16 bits per heavy atom. The Morgan fingerprint density at radius 3 is 2.48 bits per heavy atom. The fraction of sp³-hybridized carbons (Fsp3) is 0.625. The van der Waals surface area contributed by atoms with Crippen LogP contribution in [0.15, 0.2) is 29.2 Å². The van der Waals surface area contributed by atoms with Gasteiger partial charge in [-0.2, -0.15) is 4.31 Å². The van der Waals surface area contributed by atoms with Crippen molar-refractivity contribution in [1.29, 1.82) is 0 Å². The molecule has 0 aromatic heterocycles. The van der Waals surface area contributed by atoms with E-state index in [1.165, 1.54) is 28.6 Å². The van der Waals surface area contributed by atoms with Gasteiger partial charge >= 0.3 is 0 Å². The fourth-order valence-electron chi connectivity index (χ4n) is 3.29. The molecule has 25 heavy (non-hydrogen) atoms. The molecule has 2 aliphatic heterocycles. The van der Waals surface area contributed by atoms with Crippen molar-refractivity contribution >= 4 is 10.0 Å². The van der Waals surface area contributed by atoms with Crippen LogP contribution in [0.4, 0.5) is 8.78 Å². The second-order valence-corrected chi connectivity index (χ2v) is 8.20. The predicted molar refractivity (Wildman–Crippen MR) is 89.5 cm³/mol. The number of nitrogens with one attached hydrogen (secondary N) is 1. The maximum atomic E-state index is 12.8. The summed E-state index contributed by atoms with van der Waals surface area (Å²) >= 11 is 0. The van der Waals surface area contributed by atoms with E-state index in [9.17, 15) is 17.2 Å². The first kappa shape index (κ1) is 18.5. The van der Waals surface area contributed by atoms with Gasteiger partial charge in [0, 0.05) is 45.3 Å². The average Bonchev–Trinajstić information content (AvgIpc) is 3.12. The van der Waals surface area contributed by atoms with Crippen LogP contribution >= 0.6 is 0 Å². The molecule has 9 heteroatoms. The zero-order chi connectivity index (χ0) is 17.9. The molecule has 0 radical (unpaired) electrons. The number of alkyl halides is 2. The topological polar surface area (TPSA) is 61.9 Å². The van der Waals surface area contributed by atoms with Gasteiger partial charge in [-0.15, -0.1) is 0 Å². The highest BCUT2D eigenvalue weighted by molar-refractivity contribution is 7.89. The Bertz CT molecular complexity index is 664. The number of halogens is 2. The Morgan fingerprint density at radius 2 is 1.84 bits per heavy atom. The average molecular weight is 375 g/mol. The third-order valence-corrected chi connectivity index (χ3v) is 6.51. The first-order valence-electron chi connectivity index (χ1n) is 8.43. The molecule has 2 aliphatic rings. The normalized spacial score (nSPS) is 23.2. The Labute approximate surface area is 146 Å². The third-order valence-electron chi connectivity index (χ3n) is 4.63. The minimum absolute atomic E-state index is 0.165. The third kappa shape index (κ3) is 4.46. The summed E-state index contributed by atoms with van der Waals surface area (Å²) in [4.78, 5) is 2.51. The van der Waals surface area contributed by atoms with Gasteiger partial charge in [-0.25, -0.2) is 17.2 Å². The smallest absolute Gasteiger partial charge is 0.272 e. The van der Waals surface area contributed by atoms with Crippen molar-refractivity contribution in [3.63, 3.8) is 0 Å². The number of hydrogen-bond acceptors (Lipinski definition) is 5. The molecule has 1 N–H and O–H groups in total. The highest BCUT2D eigenvalue weighted by Crippen LogP contribution is 2.25. The van der Waals surface area contributed by atoms with Crippen LogP contribution in [-0.2, 0) is 10.0 Å². The van der Waals surface area contributed by atoms with Gasteiger partial charge in [0.2, 0.25) is 10.0 Å². The monoisotopic (exact) mass is 375 g/mol. The van der Waals surface area contributed by atoms with E-state index in [1.54, 1.807) is 0 Å². The summed E-state index contributed by atoms with van der Waals surface area (Å²) in [5.74, 6) is 0.236. The standard InChI is InChI=1S/C16H23F2N3O3S/c17-16(18)12-24-14-1-3-15(4-2-14)25(22,23)21-8-5-13(11-21)20-9-6-19-7-10-20/h1-4,13,16,19H,5-12H2. The van der Waals surface area contributed by atoms with Gasteiger partial charge in [-0.05, 0) is 30.7 Å². The SMILES string of the molecule is O=S(=O)(c1ccc(OCC(F)F)cc1)N1CCC(N2CCNCC2)C1. The van der Waals surface area contributed by atoms with Crippen molar-refractivity contribution in [2.45, 2.75) is 23.8 Å². The zero-order valence-electron chi connectivity index (χ0n) is 13.9. The van der Waals surface area contributed by atoms with E-state index in [0.717, 1.165) is 32.6 Å². The summed E-state index contributed by atoms with van der Waals surface area (Å²) in [6.07, 6.45) is -1.73. The van der Waals surface area contributed by atoms with Crippen molar-refractivity contribution in [2.75, 3.05) is 45.9 Å². The summed E-state index contributed by atoms with van der Waals surface area (Å²) in [5, 5.41) is 3.30. The molecule has 1 atom stereocenters. The van der Waals surface area contributed by atoms with E-state index in [1.807, 2.05) is 0 Å². The molecule has 0 aliphatic carbocycles. The summed E-state index contributed by atoms with van der Waals surface area (Å²) in [6.45, 7) is 4.03. The fourth-order valence-corrected chi connectivity index (χ4v) is 4.78. The van der Waals surface area contributed by atoms with Crippen molar-refractivity contribution in [3.8, 4) is 5.75 Å². The Balaban J connectivity index is 1.63. The lowest BCUT2D eigenvalue weighted by Gasteiger charge is -2.32. The van der Waals surface area contributed by atoms with Crippen molar-refractivity contribution in [1.82, 2.24) is 14.5 Å².